The summed E-state index contributed by atoms with van der Waals surface area (Å²) in [5.41, 5.74) is 2.49. The molecule has 1 heterocycles. The molecule has 2 aromatic rings. The van der Waals surface area contributed by atoms with Crippen LogP contribution in [0.15, 0.2) is 48.5 Å². The van der Waals surface area contributed by atoms with Crippen LogP contribution in [0.3, 0.4) is 0 Å². The fraction of sp³-hybridized carbons (Fsp3) is 0.381. The Morgan fingerprint density at radius 1 is 1.08 bits per heavy atom. The Kier molecular flexibility index (Phi) is 4.43. The van der Waals surface area contributed by atoms with Crippen molar-refractivity contribution in [1.82, 2.24) is 4.90 Å². The molecule has 0 bridgehead atoms. The van der Waals surface area contributed by atoms with E-state index < -0.39 is 0 Å². The Bertz CT molecular complexity index is 759. The summed E-state index contributed by atoms with van der Waals surface area (Å²) >= 11 is 0. The van der Waals surface area contributed by atoms with Crippen LogP contribution in [-0.2, 0) is 11.2 Å². The fourth-order valence-electron chi connectivity index (χ4n) is 3.97. The van der Waals surface area contributed by atoms with Gasteiger partial charge in [0.1, 0.15) is 17.7 Å². The second-order valence-corrected chi connectivity index (χ2v) is 6.91. The molecule has 0 aromatic heterocycles. The molecule has 4 heteroatoms. The van der Waals surface area contributed by atoms with Crippen LogP contribution in [0.5, 0.6) is 5.75 Å². The number of halogens is 1. The van der Waals surface area contributed by atoms with Gasteiger partial charge in [-0.25, -0.2) is 4.39 Å². The van der Waals surface area contributed by atoms with Crippen molar-refractivity contribution in [3.8, 4) is 5.75 Å². The first-order valence-corrected chi connectivity index (χ1v) is 8.99. The number of aryl methyl sites for hydroxylation is 1. The van der Waals surface area contributed by atoms with Crippen LogP contribution in [0.2, 0.25) is 0 Å². The summed E-state index contributed by atoms with van der Waals surface area (Å²) in [5, 5.41) is 0. The Hall–Kier alpha value is -2.36. The topological polar surface area (TPSA) is 29.5 Å². The van der Waals surface area contributed by atoms with E-state index in [9.17, 15) is 9.18 Å². The lowest BCUT2D eigenvalue weighted by Gasteiger charge is -2.34. The Labute approximate surface area is 147 Å². The minimum Gasteiger partial charge on any atom is -0.489 e. The first kappa shape index (κ1) is 16.1. The van der Waals surface area contributed by atoms with E-state index in [0.29, 0.717) is 12.3 Å². The molecule has 0 N–H and O–H groups in total. The summed E-state index contributed by atoms with van der Waals surface area (Å²) in [6, 6.07) is 14.3. The van der Waals surface area contributed by atoms with Gasteiger partial charge in [-0.15, -0.1) is 0 Å². The zero-order chi connectivity index (χ0) is 17.2. The van der Waals surface area contributed by atoms with E-state index in [-0.39, 0.29) is 23.7 Å². The van der Waals surface area contributed by atoms with Crippen LogP contribution < -0.4 is 4.74 Å². The molecule has 0 spiro atoms. The van der Waals surface area contributed by atoms with Gasteiger partial charge in [0.25, 0.3) is 0 Å². The number of hydrogen-bond donors (Lipinski definition) is 0. The normalized spacial score (nSPS) is 22.5. The van der Waals surface area contributed by atoms with E-state index in [1.54, 1.807) is 12.1 Å². The average Bonchev–Trinajstić information content (AvgIpc) is 3.07. The number of fused-ring (bicyclic) bond motifs is 1. The van der Waals surface area contributed by atoms with Crippen molar-refractivity contribution in [3.63, 3.8) is 0 Å². The highest BCUT2D eigenvalue weighted by Crippen LogP contribution is 2.35. The second-order valence-electron chi connectivity index (χ2n) is 6.91. The molecular weight excluding hydrogens is 317 g/mol. The van der Waals surface area contributed by atoms with E-state index in [1.807, 2.05) is 17.0 Å². The second kappa shape index (κ2) is 6.87. The molecule has 2 atom stereocenters. The third-order valence-electron chi connectivity index (χ3n) is 5.24. The summed E-state index contributed by atoms with van der Waals surface area (Å²) in [4.78, 5) is 15.0. The molecule has 3 nitrogen and oxygen atoms in total. The number of nitrogens with zero attached hydrogens (tertiary/aromatic N) is 1. The lowest BCUT2D eigenvalue weighted by molar-refractivity contribution is -0.135. The Morgan fingerprint density at radius 2 is 1.88 bits per heavy atom. The minimum absolute atomic E-state index is 0.0132. The monoisotopic (exact) mass is 339 g/mol. The van der Waals surface area contributed by atoms with Crippen LogP contribution in [0.25, 0.3) is 0 Å². The molecule has 1 saturated heterocycles. The Morgan fingerprint density at radius 3 is 2.72 bits per heavy atom. The first-order valence-electron chi connectivity index (χ1n) is 8.99. The quantitative estimate of drug-likeness (QED) is 0.848. The van der Waals surface area contributed by atoms with Crippen molar-refractivity contribution in [1.29, 1.82) is 0 Å². The molecule has 0 radical (unpaired) electrons. The van der Waals surface area contributed by atoms with Crippen molar-refractivity contribution in [3.05, 3.63) is 65.5 Å². The van der Waals surface area contributed by atoms with Gasteiger partial charge in [-0.1, -0.05) is 24.3 Å². The molecule has 2 aliphatic rings. The summed E-state index contributed by atoms with van der Waals surface area (Å²) in [5.74, 6) is 0.595. The van der Waals surface area contributed by atoms with Gasteiger partial charge in [0.05, 0.1) is 12.5 Å². The minimum atomic E-state index is -0.271. The van der Waals surface area contributed by atoms with Crippen molar-refractivity contribution in [2.24, 2.45) is 0 Å². The molecule has 2 aromatic carbocycles. The van der Waals surface area contributed by atoms with Gasteiger partial charge in [0.15, 0.2) is 0 Å². The first-order chi connectivity index (χ1) is 12.2. The molecular formula is C21H22FNO2. The number of piperidine rings is 1. The summed E-state index contributed by atoms with van der Waals surface area (Å²) in [7, 11) is 0. The van der Waals surface area contributed by atoms with Gasteiger partial charge in [0.2, 0.25) is 5.91 Å². The lowest BCUT2D eigenvalue weighted by Crippen LogP contribution is -2.45. The zero-order valence-corrected chi connectivity index (χ0v) is 14.2. The molecule has 1 fully saturated rings. The zero-order valence-electron chi connectivity index (χ0n) is 14.2. The van der Waals surface area contributed by atoms with Gasteiger partial charge >= 0.3 is 0 Å². The van der Waals surface area contributed by atoms with E-state index >= 15 is 0 Å². The molecule has 130 valence electrons. The number of carbonyl (C=O) groups is 1. The van der Waals surface area contributed by atoms with E-state index in [4.69, 9.17) is 4.74 Å². The highest BCUT2D eigenvalue weighted by Gasteiger charge is 2.34. The lowest BCUT2D eigenvalue weighted by atomic mass is 9.98. The van der Waals surface area contributed by atoms with Crippen LogP contribution >= 0.6 is 0 Å². The number of rotatable bonds is 3. The number of benzene rings is 2. The SMILES string of the molecule is O=C(C1CCc2ccccc21)N1CCCC(Oc2ccc(F)cc2)C1. The molecule has 1 aliphatic heterocycles. The predicted molar refractivity (Wildman–Crippen MR) is 94.1 cm³/mol. The van der Waals surface area contributed by atoms with Crippen LogP contribution in [-0.4, -0.2) is 30.0 Å². The van der Waals surface area contributed by atoms with E-state index in [1.165, 1.54) is 23.3 Å². The molecule has 1 amide bonds. The predicted octanol–water partition coefficient (Wildman–Crippen LogP) is 3.93. The maximum Gasteiger partial charge on any atom is 0.230 e. The summed E-state index contributed by atoms with van der Waals surface area (Å²) in [6.45, 7) is 1.40. The van der Waals surface area contributed by atoms with E-state index in [0.717, 1.165) is 32.2 Å². The molecule has 4 rings (SSSR count). The van der Waals surface area contributed by atoms with E-state index in [2.05, 4.69) is 12.1 Å². The van der Waals surface area contributed by atoms with Crippen LogP contribution in [0, 0.1) is 5.82 Å². The average molecular weight is 339 g/mol. The van der Waals surface area contributed by atoms with Crippen molar-refractivity contribution >= 4 is 5.91 Å². The molecule has 2 unspecified atom stereocenters. The standard InChI is InChI=1S/C21H22FNO2/c22-16-8-10-17(11-9-16)25-18-5-3-13-23(14-18)21(24)20-12-7-15-4-1-2-6-19(15)20/h1-2,4,6,8-11,18,20H,3,5,7,12-14H2. The van der Waals surface area contributed by atoms with Gasteiger partial charge < -0.3 is 9.64 Å². The highest BCUT2D eigenvalue weighted by atomic mass is 19.1. The van der Waals surface area contributed by atoms with Crippen molar-refractivity contribution in [2.45, 2.75) is 37.7 Å². The number of ether oxygens (including phenoxy) is 1. The highest BCUT2D eigenvalue weighted by molar-refractivity contribution is 5.85. The van der Waals surface area contributed by atoms with Crippen LogP contribution in [0.1, 0.15) is 36.3 Å². The molecule has 0 saturated carbocycles. The number of carbonyl (C=O) groups excluding carboxylic acids is 1. The van der Waals surface area contributed by atoms with Gasteiger partial charge in [-0.2, -0.15) is 0 Å². The van der Waals surface area contributed by atoms with Gasteiger partial charge in [-0.3, -0.25) is 4.79 Å². The number of amides is 1. The van der Waals surface area contributed by atoms with Crippen LogP contribution in [0.4, 0.5) is 4.39 Å². The molecule has 1 aliphatic carbocycles. The van der Waals surface area contributed by atoms with Gasteiger partial charge in [0, 0.05) is 6.54 Å². The van der Waals surface area contributed by atoms with Gasteiger partial charge in [-0.05, 0) is 61.1 Å². The third kappa shape index (κ3) is 3.39. The largest absolute Gasteiger partial charge is 0.489 e. The Balaban J connectivity index is 1.43. The van der Waals surface area contributed by atoms with Crippen molar-refractivity contribution in [2.75, 3.05) is 13.1 Å². The number of hydrogen-bond acceptors (Lipinski definition) is 2. The third-order valence-corrected chi connectivity index (χ3v) is 5.24. The number of likely N-dealkylation sites (tertiary alicyclic amines) is 1. The molecule has 25 heavy (non-hydrogen) atoms. The maximum atomic E-state index is 13.0. The summed E-state index contributed by atoms with van der Waals surface area (Å²) in [6.07, 6.45) is 3.71. The summed E-state index contributed by atoms with van der Waals surface area (Å²) < 4.78 is 19.0. The smallest absolute Gasteiger partial charge is 0.230 e. The maximum absolute atomic E-state index is 13.0. The fourth-order valence-corrected chi connectivity index (χ4v) is 3.97. The van der Waals surface area contributed by atoms with Crippen molar-refractivity contribution < 1.29 is 13.9 Å².